The van der Waals surface area contributed by atoms with E-state index in [1.165, 1.54) is 4.31 Å². The van der Waals surface area contributed by atoms with Crippen molar-refractivity contribution in [2.45, 2.75) is 18.7 Å². The van der Waals surface area contributed by atoms with E-state index in [0.717, 1.165) is 21.7 Å². The highest BCUT2D eigenvalue weighted by atomic mass is 32.2. The van der Waals surface area contributed by atoms with Gasteiger partial charge in [0.25, 0.3) is 5.91 Å². The normalized spacial score (nSPS) is 16.2. The first kappa shape index (κ1) is 19.5. The summed E-state index contributed by atoms with van der Waals surface area (Å²) in [6.07, 6.45) is 0. The number of nitrogens with one attached hydrogen (secondary N) is 2. The number of benzene rings is 2. The Balaban J connectivity index is 1.55. The van der Waals surface area contributed by atoms with Crippen LogP contribution >= 0.6 is 0 Å². The number of rotatable bonds is 5. The second kappa shape index (κ2) is 8.21. The van der Waals surface area contributed by atoms with Crippen LogP contribution in [0.3, 0.4) is 0 Å². The molecule has 0 aliphatic carbocycles. The van der Waals surface area contributed by atoms with Crippen LogP contribution < -0.4 is 10.2 Å². The highest BCUT2D eigenvalue weighted by Gasteiger charge is 2.31. The summed E-state index contributed by atoms with van der Waals surface area (Å²) in [6.45, 7) is 6.30. The molecule has 0 saturated carbocycles. The molecule has 0 unspecified atom stereocenters. The number of hydrogen-bond acceptors (Lipinski definition) is 3. The molecule has 1 aliphatic rings. The number of hydrogen-bond donors (Lipinski definition) is 2. The Kier molecular flexibility index (Phi) is 5.94. The van der Waals surface area contributed by atoms with Gasteiger partial charge < -0.3 is 10.2 Å². The number of nitrogens with zero attached hydrogens (tertiary/aromatic N) is 1. The van der Waals surface area contributed by atoms with Crippen LogP contribution in [0.15, 0.2) is 53.4 Å². The molecule has 27 heavy (non-hydrogen) atoms. The average molecular weight is 389 g/mol. The number of carbonyl (C=O) groups excluding carboxylic acids is 1. The van der Waals surface area contributed by atoms with Crippen molar-refractivity contribution in [3.05, 3.63) is 59.7 Å². The van der Waals surface area contributed by atoms with Crippen molar-refractivity contribution in [3.8, 4) is 0 Å². The summed E-state index contributed by atoms with van der Waals surface area (Å²) in [5.74, 6) is -0.0471. The van der Waals surface area contributed by atoms with E-state index in [0.29, 0.717) is 37.6 Å². The Hall–Kier alpha value is -2.22. The lowest BCUT2D eigenvalue weighted by molar-refractivity contribution is -0.895. The van der Waals surface area contributed by atoms with Crippen molar-refractivity contribution in [3.63, 3.8) is 0 Å². The lowest BCUT2D eigenvalue weighted by Gasteiger charge is -2.31. The molecular formula is C20H26N3O3S+. The van der Waals surface area contributed by atoms with Crippen molar-refractivity contribution in [1.82, 2.24) is 4.31 Å². The highest BCUT2D eigenvalue weighted by Crippen LogP contribution is 2.16. The van der Waals surface area contributed by atoms with E-state index >= 15 is 0 Å². The molecule has 2 N–H and O–H groups in total. The first-order chi connectivity index (χ1) is 12.9. The van der Waals surface area contributed by atoms with Crippen LogP contribution in [0.4, 0.5) is 5.69 Å². The first-order valence-electron chi connectivity index (χ1n) is 9.12. The Bertz CT molecular complexity index is 902. The van der Waals surface area contributed by atoms with Crippen LogP contribution in [-0.2, 0) is 14.8 Å². The number of anilines is 1. The van der Waals surface area contributed by atoms with Gasteiger partial charge in [-0.05, 0) is 37.6 Å². The van der Waals surface area contributed by atoms with E-state index in [-0.39, 0.29) is 5.91 Å². The third-order valence-electron chi connectivity index (χ3n) is 4.92. The largest absolute Gasteiger partial charge is 0.325 e. The Morgan fingerprint density at radius 1 is 1.04 bits per heavy atom. The molecule has 144 valence electrons. The third-order valence-corrected chi connectivity index (χ3v) is 6.83. The zero-order chi connectivity index (χ0) is 19.4. The minimum atomic E-state index is -3.47. The second-order valence-corrected chi connectivity index (χ2v) is 8.94. The molecular weight excluding hydrogens is 362 g/mol. The van der Waals surface area contributed by atoms with Gasteiger partial charge in [-0.3, -0.25) is 4.79 Å². The Morgan fingerprint density at radius 2 is 1.67 bits per heavy atom. The molecule has 1 heterocycles. The lowest BCUT2D eigenvalue weighted by atomic mass is 10.2. The zero-order valence-electron chi connectivity index (χ0n) is 15.7. The fraction of sp³-hybridized carbons (Fsp3) is 0.350. The van der Waals surface area contributed by atoms with Crippen molar-refractivity contribution in [1.29, 1.82) is 0 Å². The van der Waals surface area contributed by atoms with Crippen LogP contribution in [-0.4, -0.2) is 51.4 Å². The summed E-state index contributed by atoms with van der Waals surface area (Å²) in [7, 11) is -3.47. The topological polar surface area (TPSA) is 70.9 Å². The monoisotopic (exact) mass is 388 g/mol. The highest BCUT2D eigenvalue weighted by molar-refractivity contribution is 7.89. The maximum atomic E-state index is 12.7. The van der Waals surface area contributed by atoms with Crippen LogP contribution in [0, 0.1) is 13.8 Å². The number of piperazine rings is 1. The maximum absolute atomic E-state index is 12.7. The van der Waals surface area contributed by atoms with Crippen LogP contribution in [0.25, 0.3) is 0 Å². The quantitative estimate of drug-likeness (QED) is 0.797. The van der Waals surface area contributed by atoms with E-state index in [1.807, 2.05) is 50.2 Å². The summed E-state index contributed by atoms with van der Waals surface area (Å²) < 4.78 is 27.0. The lowest BCUT2D eigenvalue weighted by Crippen LogP contribution is -3.15. The molecule has 2 aromatic carbocycles. The zero-order valence-corrected chi connectivity index (χ0v) is 16.6. The minimum Gasteiger partial charge on any atom is -0.325 e. The van der Waals surface area contributed by atoms with Gasteiger partial charge in [0.2, 0.25) is 10.0 Å². The standard InChI is InChI=1S/C20H25N3O3S/c1-16-7-9-18(10-8-16)27(25,26)23-13-11-22(12-14-23)15-20(24)21-19-6-4-3-5-17(19)2/h3-10H,11-15H2,1-2H3,(H,21,24)/p+1. The molecule has 0 aromatic heterocycles. The molecule has 1 amide bonds. The molecule has 7 heteroatoms. The molecule has 0 bridgehead atoms. The van der Waals surface area contributed by atoms with Gasteiger partial charge in [0.15, 0.2) is 6.54 Å². The van der Waals surface area contributed by atoms with Gasteiger partial charge in [-0.15, -0.1) is 0 Å². The molecule has 2 aromatic rings. The summed E-state index contributed by atoms with van der Waals surface area (Å²) >= 11 is 0. The third kappa shape index (κ3) is 4.74. The molecule has 0 radical (unpaired) electrons. The van der Waals surface area contributed by atoms with Crippen molar-refractivity contribution >= 4 is 21.6 Å². The van der Waals surface area contributed by atoms with Gasteiger partial charge in [-0.1, -0.05) is 35.9 Å². The van der Waals surface area contributed by atoms with Crippen LogP contribution in [0.1, 0.15) is 11.1 Å². The minimum absolute atomic E-state index is 0.0471. The molecule has 1 fully saturated rings. The molecule has 6 nitrogen and oxygen atoms in total. The number of aryl methyl sites for hydroxylation is 2. The molecule has 1 aliphatic heterocycles. The number of amides is 1. The Labute approximate surface area is 160 Å². The van der Waals surface area contributed by atoms with E-state index in [1.54, 1.807) is 12.1 Å². The van der Waals surface area contributed by atoms with Gasteiger partial charge in [-0.25, -0.2) is 8.42 Å². The number of para-hydroxylation sites is 1. The van der Waals surface area contributed by atoms with Crippen LogP contribution in [0.5, 0.6) is 0 Å². The summed E-state index contributed by atoms with van der Waals surface area (Å²) in [5, 5.41) is 2.94. The first-order valence-corrected chi connectivity index (χ1v) is 10.6. The molecule has 0 spiro atoms. The van der Waals surface area contributed by atoms with Crippen LogP contribution in [0.2, 0.25) is 0 Å². The smallest absolute Gasteiger partial charge is 0.279 e. The predicted octanol–water partition coefficient (Wildman–Crippen LogP) is 0.831. The fourth-order valence-electron chi connectivity index (χ4n) is 3.21. The molecule has 1 saturated heterocycles. The maximum Gasteiger partial charge on any atom is 0.279 e. The van der Waals surface area contributed by atoms with E-state index in [2.05, 4.69) is 5.32 Å². The van der Waals surface area contributed by atoms with E-state index < -0.39 is 10.0 Å². The summed E-state index contributed by atoms with van der Waals surface area (Å²) in [4.78, 5) is 13.7. The van der Waals surface area contributed by atoms with Crippen molar-refractivity contribution in [2.75, 3.05) is 38.0 Å². The number of sulfonamides is 1. The second-order valence-electron chi connectivity index (χ2n) is 7.01. The summed E-state index contributed by atoms with van der Waals surface area (Å²) in [5.41, 5.74) is 2.88. The molecule has 0 atom stereocenters. The van der Waals surface area contributed by atoms with Gasteiger partial charge in [0.1, 0.15) is 0 Å². The van der Waals surface area contributed by atoms with Gasteiger partial charge >= 0.3 is 0 Å². The number of quaternary nitrogens is 1. The number of carbonyl (C=O) groups is 1. The molecule has 3 rings (SSSR count). The van der Waals surface area contributed by atoms with E-state index in [4.69, 9.17) is 0 Å². The van der Waals surface area contributed by atoms with Crippen molar-refractivity contribution < 1.29 is 18.1 Å². The van der Waals surface area contributed by atoms with E-state index in [9.17, 15) is 13.2 Å². The van der Waals surface area contributed by atoms with Gasteiger partial charge in [0, 0.05) is 5.69 Å². The van der Waals surface area contributed by atoms with Gasteiger partial charge in [0.05, 0.1) is 31.1 Å². The fourth-order valence-corrected chi connectivity index (χ4v) is 4.65. The van der Waals surface area contributed by atoms with Crippen molar-refractivity contribution in [2.24, 2.45) is 0 Å². The predicted molar refractivity (Wildman–Crippen MR) is 105 cm³/mol. The van der Waals surface area contributed by atoms with Gasteiger partial charge in [-0.2, -0.15) is 4.31 Å². The summed E-state index contributed by atoms with van der Waals surface area (Å²) in [6, 6.07) is 14.6. The Morgan fingerprint density at radius 3 is 2.30 bits per heavy atom. The SMILES string of the molecule is Cc1ccc(S(=O)(=O)N2CC[NH+](CC(=O)Nc3ccccc3C)CC2)cc1. The average Bonchev–Trinajstić information content (AvgIpc) is 2.64.